The second-order valence-corrected chi connectivity index (χ2v) is 7.86. The van der Waals surface area contributed by atoms with E-state index in [4.69, 9.17) is 0 Å². The van der Waals surface area contributed by atoms with Crippen molar-refractivity contribution in [1.82, 2.24) is 4.90 Å². The number of esters is 1. The lowest BCUT2D eigenvalue weighted by molar-refractivity contribution is -0.160. The van der Waals surface area contributed by atoms with Gasteiger partial charge in [-0.2, -0.15) is 0 Å². The fourth-order valence-electron chi connectivity index (χ4n) is 5.62. The van der Waals surface area contributed by atoms with E-state index in [0.29, 0.717) is 24.7 Å². The lowest BCUT2D eigenvalue weighted by Crippen LogP contribution is -2.65. The number of hydrogen-bond acceptors (Lipinski definition) is 4. The molecule has 5 nitrogen and oxygen atoms in total. The number of methoxy groups -OCH3 is 1. The molecule has 3 rings (SSSR count). The molecule has 1 N–H and O–H groups in total. The molecule has 0 aromatic rings. The zero-order valence-electron chi connectivity index (χ0n) is 14.8. The van der Waals surface area contributed by atoms with Crippen molar-refractivity contribution in [2.24, 2.45) is 11.8 Å². The fraction of sp³-hybridized carbons (Fsp3) is 0.789. The third-order valence-corrected chi connectivity index (χ3v) is 6.60. The van der Waals surface area contributed by atoms with Crippen LogP contribution in [0.3, 0.4) is 0 Å². The summed E-state index contributed by atoms with van der Waals surface area (Å²) in [7, 11) is 1.29. The van der Waals surface area contributed by atoms with Crippen LogP contribution in [0.15, 0.2) is 12.2 Å². The number of carbonyl (C=O) groups excluding carboxylic acids is 2. The lowest BCUT2D eigenvalue weighted by atomic mass is 9.67. The summed E-state index contributed by atoms with van der Waals surface area (Å²) in [6, 6.07) is -0.00393. The molecule has 1 unspecified atom stereocenters. The first-order valence-electron chi connectivity index (χ1n) is 9.18. The smallest absolute Gasteiger partial charge is 0.335 e. The van der Waals surface area contributed by atoms with Crippen LogP contribution in [0.25, 0.3) is 0 Å². The molecule has 1 spiro atoms. The molecule has 24 heavy (non-hydrogen) atoms. The number of aliphatic hydroxyl groups is 1. The summed E-state index contributed by atoms with van der Waals surface area (Å²) in [4.78, 5) is 26.6. The van der Waals surface area contributed by atoms with E-state index in [9.17, 15) is 14.7 Å². The second-order valence-electron chi connectivity index (χ2n) is 7.86. The minimum atomic E-state index is -0.954. The Labute approximate surface area is 144 Å². The second kappa shape index (κ2) is 6.51. The van der Waals surface area contributed by atoms with Crippen molar-refractivity contribution < 1.29 is 19.4 Å². The van der Waals surface area contributed by atoms with E-state index in [2.05, 4.69) is 23.1 Å². The Hall–Kier alpha value is -1.36. The van der Waals surface area contributed by atoms with Gasteiger partial charge < -0.3 is 14.7 Å². The first kappa shape index (κ1) is 17.5. The molecule has 5 atom stereocenters. The van der Waals surface area contributed by atoms with Crippen LogP contribution < -0.4 is 0 Å². The summed E-state index contributed by atoms with van der Waals surface area (Å²) < 4.78 is 4.65. The minimum Gasteiger partial charge on any atom is -0.466 e. The van der Waals surface area contributed by atoms with Crippen molar-refractivity contribution in [2.75, 3.05) is 7.11 Å². The van der Waals surface area contributed by atoms with Crippen LogP contribution in [0.2, 0.25) is 0 Å². The SMILES string of the molecule is C=C(C(=O)OC)C(O)C[C@H]1CCC[C@@]23CCC[C@@H]2[C@@H](C)CC(=O)N13. The molecular formula is C19H29NO4. The van der Waals surface area contributed by atoms with Crippen LogP contribution in [0.1, 0.15) is 58.3 Å². The molecule has 0 radical (unpaired) electrons. The quantitative estimate of drug-likeness (QED) is 0.633. The first-order valence-corrected chi connectivity index (χ1v) is 9.18. The summed E-state index contributed by atoms with van der Waals surface area (Å²) in [5.41, 5.74) is 0.0715. The van der Waals surface area contributed by atoms with Crippen LogP contribution in [0, 0.1) is 11.8 Å². The van der Waals surface area contributed by atoms with Gasteiger partial charge in [-0.05, 0) is 50.4 Å². The molecule has 0 aromatic carbocycles. The standard InChI is InChI=1S/C19H29NO4/c1-12-10-17(22)20-14(11-16(21)13(2)18(23)24-3)6-4-8-19(20)9-5-7-15(12)19/h12,14-16,21H,2,4-11H2,1,3H3/t12-,14+,15+,16?,19+/m0/s1. The predicted molar refractivity (Wildman–Crippen MR) is 90.1 cm³/mol. The van der Waals surface area contributed by atoms with Crippen LogP contribution in [-0.4, -0.2) is 46.7 Å². The van der Waals surface area contributed by atoms with Gasteiger partial charge in [-0.1, -0.05) is 19.9 Å². The number of aliphatic hydroxyl groups excluding tert-OH is 1. The highest BCUT2D eigenvalue weighted by molar-refractivity contribution is 5.88. The molecule has 0 bridgehead atoms. The predicted octanol–water partition coefficient (Wildman–Crippen LogP) is 2.43. The monoisotopic (exact) mass is 335 g/mol. The third kappa shape index (κ3) is 2.67. The van der Waals surface area contributed by atoms with E-state index in [1.807, 2.05) is 0 Å². The molecule has 2 heterocycles. The Kier molecular flexibility index (Phi) is 4.73. The number of piperidine rings is 2. The maximum Gasteiger partial charge on any atom is 0.335 e. The van der Waals surface area contributed by atoms with Crippen LogP contribution in [0.5, 0.6) is 0 Å². The van der Waals surface area contributed by atoms with E-state index in [1.54, 1.807) is 0 Å². The average Bonchev–Trinajstić information content (AvgIpc) is 2.97. The van der Waals surface area contributed by atoms with Crippen molar-refractivity contribution in [3.8, 4) is 0 Å². The van der Waals surface area contributed by atoms with E-state index in [-0.39, 0.29) is 23.1 Å². The van der Waals surface area contributed by atoms with Crippen molar-refractivity contribution in [2.45, 2.75) is 76.0 Å². The molecule has 2 aliphatic heterocycles. The summed E-state index contributed by atoms with van der Waals surface area (Å²) in [5, 5.41) is 10.4. The summed E-state index contributed by atoms with van der Waals surface area (Å²) >= 11 is 0. The fourth-order valence-corrected chi connectivity index (χ4v) is 5.62. The largest absolute Gasteiger partial charge is 0.466 e. The van der Waals surface area contributed by atoms with E-state index < -0.39 is 12.1 Å². The van der Waals surface area contributed by atoms with Crippen LogP contribution in [-0.2, 0) is 14.3 Å². The molecule has 1 amide bonds. The first-order chi connectivity index (χ1) is 11.4. The normalized spacial score (nSPS) is 36.7. The zero-order valence-corrected chi connectivity index (χ0v) is 14.8. The number of nitrogens with zero attached hydrogens (tertiary/aromatic N) is 1. The topological polar surface area (TPSA) is 66.8 Å². The van der Waals surface area contributed by atoms with Crippen LogP contribution in [0.4, 0.5) is 0 Å². The van der Waals surface area contributed by atoms with Gasteiger partial charge in [0.05, 0.1) is 18.8 Å². The van der Waals surface area contributed by atoms with Gasteiger partial charge in [0.1, 0.15) is 0 Å². The molecule has 0 aromatic heterocycles. The van der Waals surface area contributed by atoms with Gasteiger partial charge in [0.25, 0.3) is 0 Å². The average molecular weight is 335 g/mol. The molecular weight excluding hydrogens is 306 g/mol. The van der Waals surface area contributed by atoms with Gasteiger partial charge in [-0.3, -0.25) is 4.79 Å². The van der Waals surface area contributed by atoms with Crippen LogP contribution >= 0.6 is 0 Å². The van der Waals surface area contributed by atoms with E-state index in [1.165, 1.54) is 20.0 Å². The van der Waals surface area contributed by atoms with E-state index >= 15 is 0 Å². The maximum atomic E-state index is 12.9. The van der Waals surface area contributed by atoms with Crippen molar-refractivity contribution in [1.29, 1.82) is 0 Å². The Morgan fingerprint density at radius 2 is 2.08 bits per heavy atom. The number of amides is 1. The summed E-state index contributed by atoms with van der Waals surface area (Å²) in [5.74, 6) is 0.676. The molecule has 3 aliphatic rings. The lowest BCUT2D eigenvalue weighted by Gasteiger charge is -2.57. The summed E-state index contributed by atoms with van der Waals surface area (Å²) in [6.45, 7) is 5.88. The highest BCUT2D eigenvalue weighted by Gasteiger charge is 2.57. The zero-order chi connectivity index (χ0) is 17.5. The molecule has 134 valence electrons. The number of rotatable bonds is 4. The molecule has 5 heteroatoms. The van der Waals surface area contributed by atoms with Gasteiger partial charge in [-0.15, -0.1) is 0 Å². The Balaban J connectivity index is 1.81. The molecule has 1 saturated carbocycles. The van der Waals surface area contributed by atoms with Crippen molar-refractivity contribution in [3.63, 3.8) is 0 Å². The van der Waals surface area contributed by atoms with Gasteiger partial charge >= 0.3 is 5.97 Å². The van der Waals surface area contributed by atoms with Crippen molar-refractivity contribution in [3.05, 3.63) is 12.2 Å². The Morgan fingerprint density at radius 3 is 2.75 bits per heavy atom. The van der Waals surface area contributed by atoms with E-state index in [0.717, 1.165) is 25.7 Å². The number of carbonyl (C=O) groups is 2. The molecule has 3 fully saturated rings. The Bertz CT molecular complexity index is 545. The van der Waals surface area contributed by atoms with Crippen molar-refractivity contribution >= 4 is 11.9 Å². The minimum absolute atomic E-state index is 0.00393. The number of ether oxygens (including phenoxy) is 1. The maximum absolute atomic E-state index is 12.9. The van der Waals surface area contributed by atoms with Gasteiger partial charge in [0.15, 0.2) is 0 Å². The third-order valence-electron chi connectivity index (χ3n) is 6.60. The number of hydrogen-bond donors (Lipinski definition) is 1. The van der Waals surface area contributed by atoms with Gasteiger partial charge in [0.2, 0.25) is 5.91 Å². The highest BCUT2D eigenvalue weighted by Crippen LogP contribution is 2.54. The molecule has 2 saturated heterocycles. The molecule has 1 aliphatic carbocycles. The summed E-state index contributed by atoms with van der Waals surface area (Å²) in [6.07, 6.45) is 6.55. The Morgan fingerprint density at radius 1 is 1.42 bits per heavy atom. The van der Waals surface area contributed by atoms with Gasteiger partial charge in [0, 0.05) is 18.0 Å². The highest BCUT2D eigenvalue weighted by atomic mass is 16.5. The van der Waals surface area contributed by atoms with Gasteiger partial charge in [-0.25, -0.2) is 4.79 Å².